The van der Waals surface area contributed by atoms with Crippen molar-refractivity contribution in [2.75, 3.05) is 0 Å². The van der Waals surface area contributed by atoms with Gasteiger partial charge in [0.2, 0.25) is 5.76 Å². The Morgan fingerprint density at radius 1 is 1.38 bits per heavy atom. The van der Waals surface area contributed by atoms with Gasteiger partial charge in [-0.2, -0.15) is 0 Å². The zero-order valence-corrected chi connectivity index (χ0v) is 7.78. The highest BCUT2D eigenvalue weighted by Crippen LogP contribution is 2.23. The molecule has 2 rings (SSSR count). The Hall–Kier alpha value is -2.24. The van der Waals surface area contributed by atoms with E-state index < -0.39 is 23.4 Å². The monoisotopic (exact) mass is 225 g/mol. The number of hydrogen-bond donors (Lipinski definition) is 1. The molecule has 0 fully saturated rings. The van der Waals surface area contributed by atoms with Gasteiger partial charge in [-0.15, -0.1) is 0 Å². The molecule has 1 heterocycles. The summed E-state index contributed by atoms with van der Waals surface area (Å²) in [4.78, 5) is 10.5. The van der Waals surface area contributed by atoms with Gasteiger partial charge in [0.25, 0.3) is 0 Å². The molecule has 82 valence electrons. The molecular formula is C10H5F2NO3. The largest absolute Gasteiger partial charge is 0.475 e. The highest BCUT2D eigenvalue weighted by Gasteiger charge is 2.16. The SMILES string of the molecule is O=C(O)c1cc(-c2cccc(F)c2F)no1. The van der Waals surface area contributed by atoms with E-state index in [1.54, 1.807) is 0 Å². The van der Waals surface area contributed by atoms with Crippen LogP contribution in [0.4, 0.5) is 8.78 Å². The van der Waals surface area contributed by atoms with Gasteiger partial charge in [-0.1, -0.05) is 11.2 Å². The first-order valence-electron chi connectivity index (χ1n) is 4.24. The molecule has 0 aliphatic heterocycles. The predicted octanol–water partition coefficient (Wildman–Crippen LogP) is 2.32. The molecule has 0 saturated heterocycles. The van der Waals surface area contributed by atoms with E-state index in [2.05, 4.69) is 9.68 Å². The number of benzene rings is 1. The Bertz CT molecular complexity index is 551. The van der Waals surface area contributed by atoms with Crippen LogP contribution in [-0.4, -0.2) is 16.2 Å². The van der Waals surface area contributed by atoms with Gasteiger partial charge in [0.15, 0.2) is 11.6 Å². The van der Waals surface area contributed by atoms with Crippen molar-refractivity contribution in [1.29, 1.82) is 0 Å². The molecule has 0 aliphatic rings. The van der Waals surface area contributed by atoms with E-state index in [0.29, 0.717) is 0 Å². The second-order valence-electron chi connectivity index (χ2n) is 2.98. The summed E-state index contributed by atoms with van der Waals surface area (Å²) in [5, 5.41) is 11.9. The number of carboxylic acid groups (broad SMARTS) is 1. The highest BCUT2D eigenvalue weighted by molar-refractivity contribution is 5.85. The van der Waals surface area contributed by atoms with Crippen LogP contribution in [0.2, 0.25) is 0 Å². The number of aromatic carboxylic acids is 1. The lowest BCUT2D eigenvalue weighted by molar-refractivity contribution is 0.0652. The average Bonchev–Trinajstić information content (AvgIpc) is 2.71. The Balaban J connectivity index is 2.50. The standard InChI is InChI=1S/C10H5F2NO3/c11-6-3-1-2-5(9(6)12)7-4-8(10(14)15)16-13-7/h1-4H,(H,14,15). The summed E-state index contributed by atoms with van der Waals surface area (Å²) in [6.45, 7) is 0. The van der Waals surface area contributed by atoms with Crippen molar-refractivity contribution >= 4 is 5.97 Å². The molecule has 0 radical (unpaired) electrons. The Morgan fingerprint density at radius 2 is 2.12 bits per heavy atom. The van der Waals surface area contributed by atoms with Crippen molar-refractivity contribution in [3.8, 4) is 11.3 Å². The highest BCUT2D eigenvalue weighted by atomic mass is 19.2. The summed E-state index contributed by atoms with van der Waals surface area (Å²) < 4.78 is 30.6. The number of rotatable bonds is 2. The molecule has 1 aromatic heterocycles. The van der Waals surface area contributed by atoms with E-state index in [1.807, 2.05) is 0 Å². The predicted molar refractivity (Wildman–Crippen MR) is 48.8 cm³/mol. The number of carboxylic acids is 1. The molecule has 1 N–H and O–H groups in total. The number of carbonyl (C=O) groups is 1. The van der Waals surface area contributed by atoms with Crippen LogP contribution in [0.25, 0.3) is 11.3 Å². The fraction of sp³-hybridized carbons (Fsp3) is 0. The van der Waals surface area contributed by atoms with Crippen LogP contribution >= 0.6 is 0 Å². The lowest BCUT2D eigenvalue weighted by Crippen LogP contribution is -1.92. The quantitative estimate of drug-likeness (QED) is 0.851. The van der Waals surface area contributed by atoms with Crippen molar-refractivity contribution < 1.29 is 23.2 Å². The molecule has 6 heteroatoms. The number of nitrogens with zero attached hydrogens (tertiary/aromatic N) is 1. The summed E-state index contributed by atoms with van der Waals surface area (Å²) in [6, 6.07) is 4.56. The smallest absolute Gasteiger partial charge is 0.374 e. The average molecular weight is 225 g/mol. The van der Waals surface area contributed by atoms with Crippen LogP contribution in [-0.2, 0) is 0 Å². The Morgan fingerprint density at radius 3 is 2.75 bits per heavy atom. The molecule has 16 heavy (non-hydrogen) atoms. The minimum Gasteiger partial charge on any atom is -0.475 e. The maximum atomic E-state index is 13.3. The fourth-order valence-corrected chi connectivity index (χ4v) is 1.20. The van der Waals surface area contributed by atoms with Gasteiger partial charge in [-0.25, -0.2) is 13.6 Å². The fourth-order valence-electron chi connectivity index (χ4n) is 1.20. The summed E-state index contributed by atoms with van der Waals surface area (Å²) in [5.74, 6) is -3.88. The van der Waals surface area contributed by atoms with Crippen molar-refractivity contribution in [3.05, 3.63) is 41.7 Å². The molecule has 0 bridgehead atoms. The van der Waals surface area contributed by atoms with Crippen LogP contribution in [0.3, 0.4) is 0 Å². The number of halogens is 2. The van der Waals surface area contributed by atoms with E-state index in [-0.39, 0.29) is 11.3 Å². The van der Waals surface area contributed by atoms with Crippen molar-refractivity contribution in [2.45, 2.75) is 0 Å². The van der Waals surface area contributed by atoms with E-state index >= 15 is 0 Å². The van der Waals surface area contributed by atoms with E-state index in [9.17, 15) is 13.6 Å². The number of hydrogen-bond acceptors (Lipinski definition) is 3. The topological polar surface area (TPSA) is 63.3 Å². The molecule has 4 nitrogen and oxygen atoms in total. The first-order valence-corrected chi connectivity index (χ1v) is 4.24. The van der Waals surface area contributed by atoms with Gasteiger partial charge in [0.05, 0.1) is 0 Å². The van der Waals surface area contributed by atoms with E-state index in [0.717, 1.165) is 12.1 Å². The summed E-state index contributed by atoms with van der Waals surface area (Å²) in [6.07, 6.45) is 0. The minimum absolute atomic E-state index is 0.0607. The number of aromatic nitrogens is 1. The first kappa shape index (κ1) is 10.3. The molecule has 0 atom stereocenters. The van der Waals surface area contributed by atoms with Gasteiger partial charge in [-0.05, 0) is 12.1 Å². The van der Waals surface area contributed by atoms with Gasteiger partial charge in [0, 0.05) is 11.6 Å². The molecule has 0 unspecified atom stereocenters. The zero-order chi connectivity index (χ0) is 11.7. The van der Waals surface area contributed by atoms with Crippen LogP contribution < -0.4 is 0 Å². The maximum absolute atomic E-state index is 13.3. The van der Waals surface area contributed by atoms with Gasteiger partial charge < -0.3 is 9.63 Å². The molecule has 0 spiro atoms. The molecule has 2 aromatic rings. The van der Waals surface area contributed by atoms with Crippen molar-refractivity contribution in [1.82, 2.24) is 5.16 Å². The third-order valence-corrected chi connectivity index (χ3v) is 1.95. The van der Waals surface area contributed by atoms with E-state index in [4.69, 9.17) is 5.11 Å². The molecule has 1 aromatic carbocycles. The van der Waals surface area contributed by atoms with Crippen LogP contribution in [0.1, 0.15) is 10.6 Å². The second-order valence-corrected chi connectivity index (χ2v) is 2.98. The summed E-state index contributed by atoms with van der Waals surface area (Å²) >= 11 is 0. The van der Waals surface area contributed by atoms with Crippen molar-refractivity contribution in [3.63, 3.8) is 0 Å². The van der Waals surface area contributed by atoms with E-state index in [1.165, 1.54) is 12.1 Å². The van der Waals surface area contributed by atoms with Crippen molar-refractivity contribution in [2.24, 2.45) is 0 Å². The van der Waals surface area contributed by atoms with Crippen LogP contribution in [0, 0.1) is 11.6 Å². The first-order chi connectivity index (χ1) is 7.59. The normalized spacial score (nSPS) is 10.4. The Labute approximate surface area is 88.1 Å². The maximum Gasteiger partial charge on any atom is 0.374 e. The summed E-state index contributed by atoms with van der Waals surface area (Å²) in [7, 11) is 0. The minimum atomic E-state index is -1.32. The third-order valence-electron chi connectivity index (χ3n) is 1.95. The third kappa shape index (κ3) is 1.65. The van der Waals surface area contributed by atoms with Gasteiger partial charge >= 0.3 is 5.97 Å². The summed E-state index contributed by atoms with van der Waals surface area (Å²) in [5.41, 5.74) is -0.203. The zero-order valence-electron chi connectivity index (χ0n) is 7.78. The second kappa shape index (κ2) is 3.73. The van der Waals surface area contributed by atoms with Gasteiger partial charge in [-0.3, -0.25) is 0 Å². The lowest BCUT2D eigenvalue weighted by Gasteiger charge is -1.97. The molecule has 0 amide bonds. The van der Waals surface area contributed by atoms with Gasteiger partial charge in [0.1, 0.15) is 5.69 Å². The van der Waals surface area contributed by atoms with Crippen LogP contribution in [0.15, 0.2) is 28.8 Å². The molecule has 0 saturated carbocycles. The molecular weight excluding hydrogens is 220 g/mol. The molecule has 0 aliphatic carbocycles. The lowest BCUT2D eigenvalue weighted by atomic mass is 10.1. The Kier molecular flexibility index (Phi) is 2.40. The van der Waals surface area contributed by atoms with Crippen LogP contribution in [0.5, 0.6) is 0 Å².